The van der Waals surface area contributed by atoms with Crippen LogP contribution in [-0.2, 0) is 33.2 Å². The predicted octanol–water partition coefficient (Wildman–Crippen LogP) is 2.39. The molecule has 8 atom stereocenters. The molecule has 0 aromatic heterocycles. The van der Waals surface area contributed by atoms with E-state index in [1.807, 2.05) is 6.92 Å². The molecule has 6 aliphatic rings. The summed E-state index contributed by atoms with van der Waals surface area (Å²) in [5.41, 5.74) is -0.401. The number of carbonyl (C=O) groups excluding carboxylic acids is 1. The van der Waals surface area contributed by atoms with Gasteiger partial charge in [-0.05, 0) is 36.7 Å². The van der Waals surface area contributed by atoms with E-state index in [1.54, 1.807) is 7.11 Å². The van der Waals surface area contributed by atoms with Crippen LogP contribution in [0.5, 0.6) is 0 Å². The highest BCUT2D eigenvalue weighted by atomic mass is 16.9. The summed E-state index contributed by atoms with van der Waals surface area (Å²) >= 11 is 0. The third-order valence-electron chi connectivity index (χ3n) is 10.1. The summed E-state index contributed by atoms with van der Waals surface area (Å²) in [6.45, 7) is 10.3. The van der Waals surface area contributed by atoms with E-state index in [9.17, 15) is 9.90 Å². The van der Waals surface area contributed by atoms with Gasteiger partial charge in [-0.25, -0.2) is 0 Å². The van der Waals surface area contributed by atoms with Crippen LogP contribution in [0.1, 0.15) is 47.0 Å². The summed E-state index contributed by atoms with van der Waals surface area (Å²) in [6.07, 6.45) is 0.613. The standard InChI is InChI=1S/C25H36O8/c1-13-11-24(29-6-7-30-24)21(27)23(4)15(13)10-17-22(3)16(12-25(33-17)31-8-9-32-25)14(2)19(28-5)18(26)20(22)23/h13,15-17,20-21,27H,6-12H2,1-5H3/t13-,15+,16+,17-,20+,21+,22-,23+/m1/s1. The van der Waals surface area contributed by atoms with Crippen molar-refractivity contribution in [3.05, 3.63) is 11.3 Å². The Morgan fingerprint density at radius 2 is 1.64 bits per heavy atom. The molecule has 1 N–H and O–H groups in total. The summed E-state index contributed by atoms with van der Waals surface area (Å²) in [5, 5.41) is 11.9. The molecule has 2 saturated carbocycles. The molecule has 3 aliphatic heterocycles. The molecular weight excluding hydrogens is 428 g/mol. The van der Waals surface area contributed by atoms with Crippen molar-refractivity contribution in [2.24, 2.45) is 34.5 Å². The van der Waals surface area contributed by atoms with E-state index < -0.39 is 34.6 Å². The Balaban J connectivity index is 1.54. The minimum Gasteiger partial charge on any atom is -0.493 e. The molecule has 0 amide bonds. The molecule has 184 valence electrons. The maximum atomic E-state index is 14.2. The number of ether oxygens (including phenoxy) is 6. The second-order valence-corrected chi connectivity index (χ2v) is 11.4. The van der Waals surface area contributed by atoms with E-state index in [2.05, 4.69) is 20.8 Å². The Hall–Kier alpha value is -1.03. The molecule has 33 heavy (non-hydrogen) atoms. The Morgan fingerprint density at radius 1 is 1.00 bits per heavy atom. The van der Waals surface area contributed by atoms with Crippen molar-refractivity contribution in [1.29, 1.82) is 0 Å². The predicted molar refractivity (Wildman–Crippen MR) is 115 cm³/mol. The molecule has 0 bridgehead atoms. The molecule has 6 rings (SSSR count). The lowest BCUT2D eigenvalue weighted by Gasteiger charge is -2.69. The van der Waals surface area contributed by atoms with Crippen LogP contribution in [0, 0.1) is 34.5 Å². The molecule has 2 spiro atoms. The fourth-order valence-electron chi connectivity index (χ4n) is 8.82. The van der Waals surface area contributed by atoms with Gasteiger partial charge in [-0.2, -0.15) is 0 Å². The first kappa shape index (κ1) is 22.4. The van der Waals surface area contributed by atoms with Crippen LogP contribution < -0.4 is 0 Å². The monoisotopic (exact) mass is 464 g/mol. The SMILES string of the molecule is COC1=C(C)[C@@H]2CC3(OCCO3)O[C@@H]3C[C@H]4[C@H](C)CC5(OCCO5)[C@@H](O)[C@]4(C)[C@@H](C1=O)[C@@]32C. The highest BCUT2D eigenvalue weighted by molar-refractivity contribution is 5.98. The highest BCUT2D eigenvalue weighted by Gasteiger charge is 2.76. The number of carbonyl (C=O) groups is 1. The molecule has 8 heteroatoms. The van der Waals surface area contributed by atoms with Crippen LogP contribution in [0.3, 0.4) is 0 Å². The van der Waals surface area contributed by atoms with Crippen LogP contribution in [0.2, 0.25) is 0 Å². The van der Waals surface area contributed by atoms with Gasteiger partial charge in [-0.3, -0.25) is 4.79 Å². The summed E-state index contributed by atoms with van der Waals surface area (Å²) in [6, 6.07) is 0. The second-order valence-electron chi connectivity index (χ2n) is 11.4. The van der Waals surface area contributed by atoms with E-state index >= 15 is 0 Å². The zero-order valence-corrected chi connectivity index (χ0v) is 20.2. The van der Waals surface area contributed by atoms with Crippen molar-refractivity contribution in [2.75, 3.05) is 33.5 Å². The Kier molecular flexibility index (Phi) is 4.77. The number of hydrogen-bond acceptors (Lipinski definition) is 8. The molecule has 0 unspecified atom stereocenters. The van der Waals surface area contributed by atoms with Crippen molar-refractivity contribution >= 4 is 5.78 Å². The molecule has 3 heterocycles. The lowest BCUT2D eigenvalue weighted by atomic mass is 9.38. The molecule has 8 nitrogen and oxygen atoms in total. The van der Waals surface area contributed by atoms with Gasteiger partial charge in [-0.15, -0.1) is 0 Å². The third kappa shape index (κ3) is 2.60. The van der Waals surface area contributed by atoms with Gasteiger partial charge in [0.25, 0.3) is 5.97 Å². The van der Waals surface area contributed by atoms with Gasteiger partial charge in [-0.1, -0.05) is 20.8 Å². The number of hydrogen-bond donors (Lipinski definition) is 1. The van der Waals surface area contributed by atoms with Crippen LogP contribution in [-0.4, -0.2) is 68.4 Å². The smallest absolute Gasteiger partial charge is 0.283 e. The molecule has 5 fully saturated rings. The summed E-state index contributed by atoms with van der Waals surface area (Å²) in [5.74, 6) is -2.17. The minimum absolute atomic E-state index is 0.0339. The Morgan fingerprint density at radius 3 is 2.27 bits per heavy atom. The lowest BCUT2D eigenvalue weighted by Crippen LogP contribution is -2.75. The molecule has 3 saturated heterocycles. The van der Waals surface area contributed by atoms with Gasteiger partial charge in [0.05, 0.1) is 39.6 Å². The van der Waals surface area contributed by atoms with Crippen molar-refractivity contribution < 1.29 is 38.3 Å². The Labute approximate surface area is 194 Å². The summed E-state index contributed by atoms with van der Waals surface area (Å²) in [7, 11) is 1.56. The number of ketones is 1. The summed E-state index contributed by atoms with van der Waals surface area (Å²) < 4.78 is 36.5. The minimum atomic E-state index is -1.08. The molecule has 0 radical (unpaired) electrons. The molecular formula is C25H36O8. The van der Waals surface area contributed by atoms with Gasteiger partial charge in [0.2, 0.25) is 5.78 Å². The Bertz CT molecular complexity index is 887. The van der Waals surface area contributed by atoms with Crippen LogP contribution in [0.25, 0.3) is 0 Å². The van der Waals surface area contributed by atoms with Crippen molar-refractivity contribution in [2.45, 2.75) is 70.9 Å². The number of rotatable bonds is 1. The molecule has 0 aromatic rings. The quantitative estimate of drug-likeness (QED) is 0.633. The largest absolute Gasteiger partial charge is 0.493 e. The average Bonchev–Trinajstić information content (AvgIpc) is 3.42. The first-order valence-corrected chi connectivity index (χ1v) is 12.3. The highest BCUT2D eigenvalue weighted by Crippen LogP contribution is 2.71. The number of aliphatic hydroxyl groups excluding tert-OH is 1. The molecule has 0 aromatic carbocycles. The zero-order chi connectivity index (χ0) is 23.4. The van der Waals surface area contributed by atoms with E-state index in [0.717, 1.165) is 5.57 Å². The second kappa shape index (κ2) is 7.02. The number of Topliss-reactive ketones (excluding diaryl/α,β-unsaturated/α-hetero) is 1. The average molecular weight is 465 g/mol. The van der Waals surface area contributed by atoms with Gasteiger partial charge in [0, 0.05) is 29.6 Å². The van der Waals surface area contributed by atoms with Crippen molar-refractivity contribution in [3.8, 4) is 0 Å². The van der Waals surface area contributed by atoms with Crippen LogP contribution in [0.4, 0.5) is 0 Å². The van der Waals surface area contributed by atoms with E-state index in [0.29, 0.717) is 51.4 Å². The fourth-order valence-corrected chi connectivity index (χ4v) is 8.82. The first-order valence-electron chi connectivity index (χ1n) is 12.3. The van der Waals surface area contributed by atoms with E-state index in [-0.39, 0.29) is 29.6 Å². The topological polar surface area (TPSA) is 92.7 Å². The van der Waals surface area contributed by atoms with Crippen molar-refractivity contribution in [3.63, 3.8) is 0 Å². The van der Waals surface area contributed by atoms with Crippen molar-refractivity contribution in [1.82, 2.24) is 0 Å². The van der Waals surface area contributed by atoms with Gasteiger partial charge in [0.1, 0.15) is 6.10 Å². The van der Waals surface area contributed by atoms with E-state index in [4.69, 9.17) is 28.4 Å². The van der Waals surface area contributed by atoms with Gasteiger partial charge >= 0.3 is 0 Å². The fraction of sp³-hybridized carbons (Fsp3) is 0.880. The van der Waals surface area contributed by atoms with Gasteiger partial charge in [0.15, 0.2) is 11.5 Å². The number of methoxy groups -OCH3 is 1. The van der Waals surface area contributed by atoms with Gasteiger partial charge < -0.3 is 33.5 Å². The number of allylic oxidation sites excluding steroid dienone is 2. The first-order chi connectivity index (χ1) is 15.6. The third-order valence-corrected chi connectivity index (χ3v) is 10.1. The van der Waals surface area contributed by atoms with Crippen LogP contribution >= 0.6 is 0 Å². The number of fused-ring (bicyclic) bond motifs is 2. The maximum absolute atomic E-state index is 14.2. The normalized spacial score (nSPS) is 49.9. The lowest BCUT2D eigenvalue weighted by molar-refractivity contribution is -0.416. The maximum Gasteiger partial charge on any atom is 0.283 e. The molecule has 3 aliphatic carbocycles. The number of aliphatic hydroxyl groups is 1. The summed E-state index contributed by atoms with van der Waals surface area (Å²) in [4.78, 5) is 14.2. The zero-order valence-electron chi connectivity index (χ0n) is 20.2. The van der Waals surface area contributed by atoms with Crippen LogP contribution in [0.15, 0.2) is 11.3 Å². The van der Waals surface area contributed by atoms with E-state index in [1.165, 1.54) is 0 Å².